The van der Waals surface area contributed by atoms with Gasteiger partial charge in [-0.3, -0.25) is 4.79 Å². The summed E-state index contributed by atoms with van der Waals surface area (Å²) in [7, 11) is 0. The van der Waals surface area contributed by atoms with E-state index in [1.54, 1.807) is 0 Å². The van der Waals surface area contributed by atoms with Gasteiger partial charge in [-0.2, -0.15) is 0 Å². The first-order valence-electron chi connectivity index (χ1n) is 8.58. The van der Waals surface area contributed by atoms with Gasteiger partial charge in [0.05, 0.1) is 23.8 Å². The van der Waals surface area contributed by atoms with Crippen LogP contribution >= 0.6 is 11.3 Å². The molecule has 138 valence electrons. The molecule has 6 nitrogen and oxygen atoms in total. The van der Waals surface area contributed by atoms with E-state index in [4.69, 9.17) is 4.74 Å². The van der Waals surface area contributed by atoms with E-state index in [0.717, 1.165) is 10.6 Å². The first-order chi connectivity index (χ1) is 13.7. The molecule has 0 aliphatic carbocycles. The third kappa shape index (κ3) is 4.05. The number of thiazole rings is 1. The van der Waals surface area contributed by atoms with Gasteiger partial charge in [-0.1, -0.05) is 48.5 Å². The lowest BCUT2D eigenvalue weighted by molar-refractivity contribution is 0.102. The average Bonchev–Trinajstić information content (AvgIpc) is 3.13. The molecule has 0 unspecified atom stereocenters. The Morgan fingerprint density at radius 3 is 2.29 bits per heavy atom. The van der Waals surface area contributed by atoms with Crippen LogP contribution in [0.15, 0.2) is 73.1 Å². The molecule has 0 saturated heterocycles. The van der Waals surface area contributed by atoms with Crippen molar-refractivity contribution in [1.29, 1.82) is 0 Å². The lowest BCUT2D eigenvalue weighted by Gasteiger charge is -2.05. The number of nitrogens with one attached hydrogen (secondary N) is 1. The van der Waals surface area contributed by atoms with Crippen molar-refractivity contribution >= 4 is 22.9 Å². The molecule has 1 amide bonds. The highest BCUT2D eigenvalue weighted by Crippen LogP contribution is 2.28. The van der Waals surface area contributed by atoms with Crippen molar-refractivity contribution in [2.75, 3.05) is 5.32 Å². The van der Waals surface area contributed by atoms with Gasteiger partial charge in [0.1, 0.15) is 15.6 Å². The van der Waals surface area contributed by atoms with E-state index >= 15 is 0 Å². The van der Waals surface area contributed by atoms with Crippen LogP contribution in [0.1, 0.15) is 15.4 Å². The molecule has 1 N–H and O–H groups in total. The molecule has 0 aliphatic rings. The normalized spacial score (nSPS) is 10.5. The van der Waals surface area contributed by atoms with Crippen molar-refractivity contribution in [2.24, 2.45) is 0 Å². The van der Waals surface area contributed by atoms with Crippen molar-refractivity contribution in [3.63, 3.8) is 0 Å². The summed E-state index contributed by atoms with van der Waals surface area (Å²) in [5.74, 6) is 0.408. The maximum absolute atomic E-state index is 12.6. The zero-order valence-electron chi connectivity index (χ0n) is 15.0. The van der Waals surface area contributed by atoms with Crippen molar-refractivity contribution in [3.05, 3.63) is 83.6 Å². The fraction of sp³-hybridized carbons (Fsp3) is 0.0476. The second kappa shape index (κ2) is 7.98. The Bertz CT molecular complexity index is 1080. The molecule has 0 atom stereocenters. The summed E-state index contributed by atoms with van der Waals surface area (Å²) in [6, 6.07) is 19.3. The number of rotatable bonds is 5. The monoisotopic (exact) mass is 388 g/mol. The van der Waals surface area contributed by atoms with E-state index in [1.165, 1.54) is 23.7 Å². The number of aromatic nitrogens is 3. The first kappa shape index (κ1) is 17.8. The van der Waals surface area contributed by atoms with Crippen LogP contribution in [0.3, 0.4) is 0 Å². The van der Waals surface area contributed by atoms with Gasteiger partial charge < -0.3 is 10.1 Å². The minimum atomic E-state index is -0.238. The molecule has 2 aromatic carbocycles. The summed E-state index contributed by atoms with van der Waals surface area (Å²) in [4.78, 5) is 26.0. The molecule has 0 radical (unpaired) electrons. The number of hydrogen-bond acceptors (Lipinski definition) is 6. The molecule has 0 bridgehead atoms. The zero-order chi connectivity index (χ0) is 19.3. The quantitative estimate of drug-likeness (QED) is 0.523. The smallest absolute Gasteiger partial charge is 0.322 e. The third-order valence-corrected chi connectivity index (χ3v) is 5.07. The molecule has 2 aromatic heterocycles. The van der Waals surface area contributed by atoms with Crippen LogP contribution in [0, 0.1) is 6.92 Å². The van der Waals surface area contributed by atoms with E-state index in [-0.39, 0.29) is 11.9 Å². The summed E-state index contributed by atoms with van der Waals surface area (Å²) in [5.41, 5.74) is 2.16. The number of aryl methyl sites for hydroxylation is 1. The van der Waals surface area contributed by atoms with Gasteiger partial charge in [-0.15, -0.1) is 11.3 Å². The van der Waals surface area contributed by atoms with Gasteiger partial charge >= 0.3 is 6.01 Å². The zero-order valence-corrected chi connectivity index (χ0v) is 15.8. The van der Waals surface area contributed by atoms with E-state index in [1.807, 2.05) is 67.6 Å². The van der Waals surface area contributed by atoms with E-state index < -0.39 is 0 Å². The molecule has 4 rings (SSSR count). The van der Waals surface area contributed by atoms with E-state index in [2.05, 4.69) is 20.3 Å². The highest BCUT2D eigenvalue weighted by Gasteiger charge is 2.16. The highest BCUT2D eigenvalue weighted by atomic mass is 32.1. The van der Waals surface area contributed by atoms with E-state index in [0.29, 0.717) is 22.0 Å². The predicted molar refractivity (Wildman–Crippen MR) is 109 cm³/mol. The number of amides is 1. The maximum Gasteiger partial charge on any atom is 0.322 e. The molecule has 0 fully saturated rings. The van der Waals surface area contributed by atoms with Crippen LogP contribution in [0.5, 0.6) is 11.8 Å². The largest absolute Gasteiger partial charge is 0.424 e. The summed E-state index contributed by atoms with van der Waals surface area (Å²) >= 11 is 1.36. The number of ether oxygens (including phenoxy) is 1. The molecule has 4 aromatic rings. The number of anilines is 1. The Hall–Kier alpha value is -3.58. The second-order valence-electron chi connectivity index (χ2n) is 5.92. The minimum Gasteiger partial charge on any atom is -0.424 e. The highest BCUT2D eigenvalue weighted by molar-refractivity contribution is 7.17. The first-order valence-corrected chi connectivity index (χ1v) is 9.40. The number of carbonyl (C=O) groups is 1. The third-order valence-electron chi connectivity index (χ3n) is 3.86. The van der Waals surface area contributed by atoms with Crippen LogP contribution in [0.4, 0.5) is 5.69 Å². The molecule has 7 heteroatoms. The average molecular weight is 388 g/mol. The lowest BCUT2D eigenvalue weighted by atomic mass is 10.2. The van der Waals surface area contributed by atoms with Crippen molar-refractivity contribution in [1.82, 2.24) is 15.0 Å². The van der Waals surface area contributed by atoms with E-state index in [9.17, 15) is 4.79 Å². The van der Waals surface area contributed by atoms with Gasteiger partial charge in [0.15, 0.2) is 0 Å². The summed E-state index contributed by atoms with van der Waals surface area (Å²) < 4.78 is 5.55. The van der Waals surface area contributed by atoms with Crippen LogP contribution in [-0.4, -0.2) is 20.9 Å². The van der Waals surface area contributed by atoms with Gasteiger partial charge in [-0.25, -0.2) is 15.0 Å². The van der Waals surface area contributed by atoms with Crippen molar-refractivity contribution in [3.8, 4) is 22.3 Å². The fourth-order valence-corrected chi connectivity index (χ4v) is 3.49. The summed E-state index contributed by atoms with van der Waals surface area (Å²) in [5, 5.41) is 3.62. The summed E-state index contributed by atoms with van der Waals surface area (Å²) in [6.45, 7) is 1.82. The Morgan fingerprint density at radius 2 is 1.61 bits per heavy atom. The van der Waals surface area contributed by atoms with Crippen LogP contribution in [0.25, 0.3) is 10.6 Å². The molecule has 0 spiro atoms. The van der Waals surface area contributed by atoms with Gasteiger partial charge in [0, 0.05) is 5.56 Å². The van der Waals surface area contributed by atoms with Crippen LogP contribution in [0.2, 0.25) is 0 Å². The molecule has 2 heterocycles. The predicted octanol–water partition coefficient (Wildman–Crippen LogP) is 4.95. The fourth-order valence-electron chi connectivity index (χ4n) is 2.53. The number of para-hydroxylation sites is 1. The van der Waals surface area contributed by atoms with Crippen LogP contribution < -0.4 is 10.1 Å². The van der Waals surface area contributed by atoms with Gasteiger partial charge in [-0.05, 0) is 19.1 Å². The Balaban J connectivity index is 1.46. The maximum atomic E-state index is 12.6. The Morgan fingerprint density at radius 1 is 0.964 bits per heavy atom. The lowest BCUT2D eigenvalue weighted by Crippen LogP contribution is -2.12. The van der Waals surface area contributed by atoms with Gasteiger partial charge in [0.25, 0.3) is 5.91 Å². The number of nitrogens with zero attached hydrogens (tertiary/aromatic N) is 3. The topological polar surface area (TPSA) is 77.0 Å². The van der Waals surface area contributed by atoms with Crippen molar-refractivity contribution in [2.45, 2.75) is 6.92 Å². The van der Waals surface area contributed by atoms with Gasteiger partial charge in [0.2, 0.25) is 0 Å². The van der Waals surface area contributed by atoms with Crippen LogP contribution in [-0.2, 0) is 0 Å². The second-order valence-corrected chi connectivity index (χ2v) is 6.92. The molecule has 28 heavy (non-hydrogen) atoms. The minimum absolute atomic E-state index is 0.213. The number of carbonyl (C=O) groups excluding carboxylic acids is 1. The molecule has 0 aliphatic heterocycles. The van der Waals surface area contributed by atoms with Crippen molar-refractivity contribution < 1.29 is 9.53 Å². The standard InChI is InChI=1S/C21H16N4O2S/c1-14-18(28-20(24-14)15-8-4-2-5-9-15)19(26)25-16-12-22-21(23-13-16)27-17-10-6-3-7-11-17/h2-13H,1H3,(H,25,26). The Kier molecular flexibility index (Phi) is 5.07. The Labute approximate surface area is 165 Å². The molecular formula is C21H16N4O2S. The number of hydrogen-bond donors (Lipinski definition) is 1. The SMILES string of the molecule is Cc1nc(-c2ccccc2)sc1C(=O)Nc1cnc(Oc2ccccc2)nc1. The summed E-state index contributed by atoms with van der Waals surface area (Å²) in [6.07, 6.45) is 3.02. The number of benzene rings is 2. The molecule has 0 saturated carbocycles. The molecular weight excluding hydrogens is 372 g/mol.